The van der Waals surface area contributed by atoms with Crippen LogP contribution >= 0.6 is 0 Å². The van der Waals surface area contributed by atoms with E-state index in [0.29, 0.717) is 5.92 Å². The van der Waals surface area contributed by atoms with Gasteiger partial charge >= 0.3 is 5.97 Å². The first kappa shape index (κ1) is 16.4. The van der Waals surface area contributed by atoms with Gasteiger partial charge in [0.25, 0.3) is 0 Å². The fourth-order valence-corrected chi connectivity index (χ4v) is 4.06. The van der Waals surface area contributed by atoms with Gasteiger partial charge in [-0.25, -0.2) is 13.1 Å². The minimum Gasteiger partial charge on any atom is -0.481 e. The molecule has 1 aliphatic rings. The van der Waals surface area contributed by atoms with E-state index in [-0.39, 0.29) is 24.6 Å². The van der Waals surface area contributed by atoms with Crippen molar-refractivity contribution < 1.29 is 18.3 Å². The average Bonchev–Trinajstić information content (AvgIpc) is 2.55. The van der Waals surface area contributed by atoms with Crippen molar-refractivity contribution in [2.45, 2.75) is 64.3 Å². The van der Waals surface area contributed by atoms with Crippen LogP contribution in [0.4, 0.5) is 0 Å². The van der Waals surface area contributed by atoms with Crippen LogP contribution in [0, 0.1) is 5.92 Å². The number of aliphatic carboxylic acids is 1. The third kappa shape index (κ3) is 6.92. The smallest absolute Gasteiger partial charge is 0.303 e. The standard InChI is InChI=1S/C13H25NO4S/c1-11(12-7-4-2-3-5-8-12)14-19(17,18)10-6-9-13(15)16/h11-12,14H,2-10H2,1H3,(H,15,16)/t11-/m0/s1. The summed E-state index contributed by atoms with van der Waals surface area (Å²) in [7, 11) is -3.35. The molecular weight excluding hydrogens is 266 g/mol. The molecule has 1 saturated carbocycles. The van der Waals surface area contributed by atoms with E-state index in [9.17, 15) is 13.2 Å². The number of hydrogen-bond donors (Lipinski definition) is 2. The van der Waals surface area contributed by atoms with Crippen LogP contribution in [0.25, 0.3) is 0 Å². The molecule has 0 saturated heterocycles. The molecule has 6 heteroatoms. The Balaban J connectivity index is 2.40. The van der Waals surface area contributed by atoms with Gasteiger partial charge in [0.05, 0.1) is 5.75 Å². The Morgan fingerprint density at radius 1 is 1.26 bits per heavy atom. The van der Waals surface area contributed by atoms with Crippen LogP contribution in [-0.2, 0) is 14.8 Å². The number of hydrogen-bond acceptors (Lipinski definition) is 3. The van der Waals surface area contributed by atoms with Crippen molar-refractivity contribution in [3.8, 4) is 0 Å². The van der Waals surface area contributed by atoms with E-state index in [1.165, 1.54) is 25.7 Å². The van der Waals surface area contributed by atoms with E-state index in [2.05, 4.69) is 4.72 Å². The largest absolute Gasteiger partial charge is 0.481 e. The van der Waals surface area contributed by atoms with E-state index >= 15 is 0 Å². The zero-order valence-electron chi connectivity index (χ0n) is 11.6. The van der Waals surface area contributed by atoms with Crippen LogP contribution in [0.15, 0.2) is 0 Å². The number of rotatable bonds is 7. The molecule has 0 spiro atoms. The molecule has 0 aromatic rings. The Morgan fingerprint density at radius 3 is 2.37 bits per heavy atom. The molecule has 112 valence electrons. The predicted octanol–water partition coefficient (Wildman–Crippen LogP) is 2.13. The minimum atomic E-state index is -3.35. The maximum atomic E-state index is 11.8. The van der Waals surface area contributed by atoms with Gasteiger partial charge in [-0.05, 0) is 32.1 Å². The maximum Gasteiger partial charge on any atom is 0.303 e. The van der Waals surface area contributed by atoms with Gasteiger partial charge < -0.3 is 5.11 Å². The zero-order chi connectivity index (χ0) is 14.3. The monoisotopic (exact) mass is 291 g/mol. The lowest BCUT2D eigenvalue weighted by atomic mass is 9.94. The van der Waals surface area contributed by atoms with Crippen molar-refractivity contribution in [1.29, 1.82) is 0 Å². The molecule has 1 fully saturated rings. The zero-order valence-corrected chi connectivity index (χ0v) is 12.4. The van der Waals surface area contributed by atoms with E-state index < -0.39 is 16.0 Å². The highest BCUT2D eigenvalue weighted by Crippen LogP contribution is 2.25. The lowest BCUT2D eigenvalue weighted by molar-refractivity contribution is -0.137. The molecular formula is C13H25NO4S. The molecule has 19 heavy (non-hydrogen) atoms. The molecule has 0 bridgehead atoms. The summed E-state index contributed by atoms with van der Waals surface area (Å²) in [4.78, 5) is 10.4. The molecule has 0 aliphatic heterocycles. The van der Waals surface area contributed by atoms with Gasteiger partial charge in [-0.1, -0.05) is 25.7 Å². The fraction of sp³-hybridized carbons (Fsp3) is 0.923. The highest BCUT2D eigenvalue weighted by atomic mass is 32.2. The number of nitrogens with one attached hydrogen (secondary N) is 1. The van der Waals surface area contributed by atoms with Crippen LogP contribution in [0.1, 0.15) is 58.3 Å². The van der Waals surface area contributed by atoms with Crippen LogP contribution in [0.3, 0.4) is 0 Å². The minimum absolute atomic E-state index is 0.0482. The number of sulfonamides is 1. The van der Waals surface area contributed by atoms with Crippen molar-refractivity contribution in [3.05, 3.63) is 0 Å². The number of carboxylic acid groups (broad SMARTS) is 1. The Kier molecular flexibility index (Phi) is 6.79. The first-order valence-corrected chi connectivity index (χ1v) is 8.78. The summed E-state index contributed by atoms with van der Waals surface area (Å²) in [5.74, 6) is -0.639. The Hall–Kier alpha value is -0.620. The second-order valence-electron chi connectivity index (χ2n) is 5.47. The average molecular weight is 291 g/mol. The van der Waals surface area contributed by atoms with E-state index in [1.54, 1.807) is 0 Å². The summed E-state index contributed by atoms with van der Waals surface area (Å²) < 4.78 is 26.4. The van der Waals surface area contributed by atoms with E-state index in [4.69, 9.17) is 5.11 Å². The van der Waals surface area contributed by atoms with Gasteiger partial charge in [0.1, 0.15) is 0 Å². The molecule has 1 aliphatic carbocycles. The molecule has 1 rings (SSSR count). The molecule has 0 aromatic heterocycles. The molecule has 5 nitrogen and oxygen atoms in total. The first-order valence-electron chi connectivity index (χ1n) is 7.12. The predicted molar refractivity (Wildman–Crippen MR) is 74.4 cm³/mol. The van der Waals surface area contributed by atoms with Crippen LogP contribution in [0.5, 0.6) is 0 Å². The number of carboxylic acids is 1. The second-order valence-corrected chi connectivity index (χ2v) is 7.35. The highest BCUT2D eigenvalue weighted by Gasteiger charge is 2.23. The summed E-state index contributed by atoms with van der Waals surface area (Å²) >= 11 is 0. The van der Waals surface area contributed by atoms with Crippen molar-refractivity contribution in [2.75, 3.05) is 5.75 Å². The lowest BCUT2D eigenvalue weighted by Crippen LogP contribution is -2.39. The van der Waals surface area contributed by atoms with E-state index in [1.807, 2.05) is 6.92 Å². The summed E-state index contributed by atoms with van der Waals surface area (Å²) in [6.45, 7) is 1.92. The van der Waals surface area contributed by atoms with Crippen LogP contribution in [-0.4, -0.2) is 31.3 Å². The normalized spacial score (nSPS) is 19.8. The van der Waals surface area contributed by atoms with Gasteiger partial charge in [0, 0.05) is 12.5 Å². The Bertz CT molecular complexity index is 372. The quantitative estimate of drug-likeness (QED) is 0.704. The van der Waals surface area contributed by atoms with Crippen LogP contribution in [0.2, 0.25) is 0 Å². The third-order valence-electron chi connectivity index (χ3n) is 3.78. The summed E-state index contributed by atoms with van der Waals surface area (Å²) in [6.07, 6.45) is 7.08. The first-order chi connectivity index (χ1) is 8.91. The lowest BCUT2D eigenvalue weighted by Gasteiger charge is -2.23. The molecule has 0 heterocycles. The second kappa shape index (κ2) is 7.85. The highest BCUT2D eigenvalue weighted by molar-refractivity contribution is 7.89. The van der Waals surface area contributed by atoms with Crippen LogP contribution < -0.4 is 4.72 Å². The Morgan fingerprint density at radius 2 is 1.84 bits per heavy atom. The number of carbonyl (C=O) groups is 1. The van der Waals surface area contributed by atoms with Gasteiger partial charge in [0.2, 0.25) is 10.0 Å². The van der Waals surface area contributed by atoms with Crippen molar-refractivity contribution in [3.63, 3.8) is 0 Å². The molecule has 0 radical (unpaired) electrons. The maximum absolute atomic E-state index is 11.8. The van der Waals surface area contributed by atoms with Gasteiger partial charge in [0.15, 0.2) is 0 Å². The molecule has 2 N–H and O–H groups in total. The molecule has 0 aromatic carbocycles. The summed E-state index contributed by atoms with van der Waals surface area (Å²) in [5, 5.41) is 8.51. The topological polar surface area (TPSA) is 83.5 Å². The summed E-state index contributed by atoms with van der Waals surface area (Å²) in [5.41, 5.74) is 0. The van der Waals surface area contributed by atoms with E-state index in [0.717, 1.165) is 12.8 Å². The van der Waals surface area contributed by atoms with Crippen molar-refractivity contribution in [2.24, 2.45) is 5.92 Å². The molecule has 0 amide bonds. The molecule has 0 unspecified atom stereocenters. The van der Waals surface area contributed by atoms with Gasteiger partial charge in [-0.2, -0.15) is 0 Å². The van der Waals surface area contributed by atoms with Gasteiger partial charge in [-0.3, -0.25) is 4.79 Å². The van der Waals surface area contributed by atoms with Gasteiger partial charge in [-0.15, -0.1) is 0 Å². The fourth-order valence-electron chi connectivity index (χ4n) is 2.66. The van der Waals surface area contributed by atoms with Crippen molar-refractivity contribution in [1.82, 2.24) is 4.72 Å². The molecule has 1 atom stereocenters. The summed E-state index contributed by atoms with van der Waals surface area (Å²) in [6, 6.07) is -0.0482. The Labute approximate surface area is 115 Å². The SMILES string of the molecule is C[C@H](NS(=O)(=O)CCCC(=O)O)C1CCCCCC1. The third-order valence-corrected chi connectivity index (χ3v) is 5.33. The van der Waals surface area contributed by atoms with Crippen molar-refractivity contribution >= 4 is 16.0 Å².